The lowest BCUT2D eigenvalue weighted by atomic mass is 9.93. The van der Waals surface area contributed by atoms with Crippen molar-refractivity contribution in [1.82, 2.24) is 0 Å². The van der Waals surface area contributed by atoms with E-state index in [0.29, 0.717) is 11.7 Å². The first-order valence-electron chi connectivity index (χ1n) is 5.98. The van der Waals surface area contributed by atoms with Gasteiger partial charge >= 0.3 is 0 Å². The molecule has 0 fully saturated rings. The molecule has 0 unspecified atom stereocenters. The van der Waals surface area contributed by atoms with Crippen molar-refractivity contribution in [2.24, 2.45) is 0 Å². The minimum atomic E-state index is 0.384. The molecule has 1 N–H and O–H groups in total. The van der Waals surface area contributed by atoms with Gasteiger partial charge in [0.1, 0.15) is 5.75 Å². The van der Waals surface area contributed by atoms with Crippen LogP contribution in [0.2, 0.25) is 0 Å². The van der Waals surface area contributed by atoms with E-state index in [-0.39, 0.29) is 0 Å². The Labute approximate surface area is 103 Å². The molecule has 0 heterocycles. The zero-order valence-electron chi connectivity index (χ0n) is 10.6. The third-order valence-electron chi connectivity index (χ3n) is 3.15. The lowest BCUT2D eigenvalue weighted by Crippen LogP contribution is -1.93. The van der Waals surface area contributed by atoms with E-state index >= 15 is 0 Å². The van der Waals surface area contributed by atoms with Crippen LogP contribution in [0, 0.1) is 6.92 Å². The molecule has 88 valence electrons. The highest BCUT2D eigenvalue weighted by Gasteiger charge is 2.10. The van der Waals surface area contributed by atoms with Gasteiger partial charge in [-0.2, -0.15) is 0 Å². The smallest absolute Gasteiger partial charge is 0.119 e. The van der Waals surface area contributed by atoms with Crippen molar-refractivity contribution in [3.63, 3.8) is 0 Å². The van der Waals surface area contributed by atoms with Gasteiger partial charge in [-0.1, -0.05) is 50.2 Å². The molecule has 0 atom stereocenters. The highest BCUT2D eigenvalue weighted by Crippen LogP contribution is 2.32. The van der Waals surface area contributed by atoms with E-state index < -0.39 is 0 Å². The SMILES string of the molecule is Cc1c(O)cc(-c2ccccc2)cc1C(C)C. The van der Waals surface area contributed by atoms with Gasteiger partial charge in [0.25, 0.3) is 0 Å². The maximum atomic E-state index is 9.99. The topological polar surface area (TPSA) is 20.2 Å². The normalized spacial score (nSPS) is 10.8. The Bertz CT molecular complexity index is 513. The van der Waals surface area contributed by atoms with Gasteiger partial charge in [-0.15, -0.1) is 0 Å². The maximum Gasteiger partial charge on any atom is 0.119 e. The van der Waals surface area contributed by atoms with Gasteiger partial charge in [0.2, 0.25) is 0 Å². The van der Waals surface area contributed by atoms with E-state index in [0.717, 1.165) is 16.7 Å². The number of hydrogen-bond donors (Lipinski definition) is 1. The molecule has 0 saturated carbocycles. The van der Waals surface area contributed by atoms with E-state index in [9.17, 15) is 5.11 Å². The molecule has 17 heavy (non-hydrogen) atoms. The summed E-state index contributed by atoms with van der Waals surface area (Å²) >= 11 is 0. The molecule has 2 aromatic carbocycles. The first kappa shape index (κ1) is 11.7. The van der Waals surface area contributed by atoms with Crippen LogP contribution >= 0.6 is 0 Å². The van der Waals surface area contributed by atoms with Crippen molar-refractivity contribution in [3.8, 4) is 16.9 Å². The summed E-state index contributed by atoms with van der Waals surface area (Å²) in [6.45, 7) is 6.27. The van der Waals surface area contributed by atoms with Gasteiger partial charge in [0.05, 0.1) is 0 Å². The molecular weight excluding hydrogens is 208 g/mol. The second-order valence-corrected chi connectivity index (χ2v) is 4.73. The maximum absolute atomic E-state index is 9.99. The van der Waals surface area contributed by atoms with Crippen molar-refractivity contribution in [2.75, 3.05) is 0 Å². The van der Waals surface area contributed by atoms with E-state index in [2.05, 4.69) is 32.0 Å². The van der Waals surface area contributed by atoms with Crippen LogP contribution in [0.5, 0.6) is 5.75 Å². The monoisotopic (exact) mass is 226 g/mol. The van der Waals surface area contributed by atoms with Crippen LogP contribution in [0.4, 0.5) is 0 Å². The third-order valence-corrected chi connectivity index (χ3v) is 3.15. The first-order chi connectivity index (χ1) is 8.09. The predicted octanol–water partition coefficient (Wildman–Crippen LogP) is 4.49. The zero-order valence-corrected chi connectivity index (χ0v) is 10.6. The van der Waals surface area contributed by atoms with Gasteiger partial charge in [-0.25, -0.2) is 0 Å². The molecule has 0 aliphatic heterocycles. The quantitative estimate of drug-likeness (QED) is 0.799. The largest absolute Gasteiger partial charge is 0.508 e. The molecule has 0 aliphatic rings. The van der Waals surface area contributed by atoms with Crippen molar-refractivity contribution in [3.05, 3.63) is 53.6 Å². The molecule has 0 aromatic heterocycles. The Morgan fingerprint density at radius 3 is 2.18 bits per heavy atom. The summed E-state index contributed by atoms with van der Waals surface area (Å²) in [5.41, 5.74) is 4.42. The van der Waals surface area contributed by atoms with Crippen molar-refractivity contribution in [2.45, 2.75) is 26.7 Å². The molecule has 0 radical (unpaired) electrons. The van der Waals surface area contributed by atoms with Gasteiger partial charge < -0.3 is 5.11 Å². The van der Waals surface area contributed by atoms with Crippen LogP contribution in [-0.2, 0) is 0 Å². The van der Waals surface area contributed by atoms with E-state index in [1.165, 1.54) is 5.56 Å². The molecular formula is C16H18O. The summed E-state index contributed by atoms with van der Waals surface area (Å²) in [6.07, 6.45) is 0. The summed E-state index contributed by atoms with van der Waals surface area (Å²) in [5.74, 6) is 0.805. The third kappa shape index (κ3) is 2.33. The summed E-state index contributed by atoms with van der Waals surface area (Å²) in [6, 6.07) is 14.2. The van der Waals surface area contributed by atoms with Gasteiger partial charge in [-0.05, 0) is 41.2 Å². The number of rotatable bonds is 2. The van der Waals surface area contributed by atoms with E-state index in [1.807, 2.05) is 31.2 Å². The van der Waals surface area contributed by atoms with Gasteiger partial charge in [0.15, 0.2) is 0 Å². The second kappa shape index (κ2) is 4.62. The standard InChI is InChI=1S/C16H18O/c1-11(2)15-9-14(10-16(17)12(15)3)13-7-5-4-6-8-13/h4-11,17H,1-3H3. The summed E-state index contributed by atoms with van der Waals surface area (Å²) in [4.78, 5) is 0. The van der Waals surface area contributed by atoms with Gasteiger partial charge in [-0.3, -0.25) is 0 Å². The highest BCUT2D eigenvalue weighted by molar-refractivity contribution is 5.67. The lowest BCUT2D eigenvalue weighted by Gasteiger charge is -2.14. The molecule has 0 amide bonds. The molecule has 0 spiro atoms. The minimum absolute atomic E-state index is 0.384. The Balaban J connectivity index is 2.57. The van der Waals surface area contributed by atoms with E-state index in [4.69, 9.17) is 0 Å². The van der Waals surface area contributed by atoms with Crippen LogP contribution < -0.4 is 0 Å². The van der Waals surface area contributed by atoms with Crippen LogP contribution in [0.3, 0.4) is 0 Å². The summed E-state index contributed by atoms with van der Waals surface area (Å²) in [7, 11) is 0. The number of benzene rings is 2. The summed E-state index contributed by atoms with van der Waals surface area (Å²) in [5, 5.41) is 9.99. The molecule has 0 bridgehead atoms. The molecule has 1 nitrogen and oxygen atoms in total. The number of phenols is 1. The van der Waals surface area contributed by atoms with Crippen LogP contribution in [0.1, 0.15) is 30.9 Å². The molecule has 1 heteroatoms. The minimum Gasteiger partial charge on any atom is -0.508 e. The van der Waals surface area contributed by atoms with Crippen molar-refractivity contribution < 1.29 is 5.11 Å². The van der Waals surface area contributed by atoms with Crippen LogP contribution in [-0.4, -0.2) is 5.11 Å². The van der Waals surface area contributed by atoms with E-state index in [1.54, 1.807) is 0 Å². The fourth-order valence-electron chi connectivity index (χ4n) is 2.12. The Morgan fingerprint density at radius 1 is 0.941 bits per heavy atom. The Hall–Kier alpha value is -1.76. The van der Waals surface area contributed by atoms with Gasteiger partial charge in [0, 0.05) is 0 Å². The van der Waals surface area contributed by atoms with Crippen molar-refractivity contribution >= 4 is 0 Å². The first-order valence-corrected chi connectivity index (χ1v) is 5.98. The van der Waals surface area contributed by atoms with Crippen LogP contribution in [0.15, 0.2) is 42.5 Å². The number of hydrogen-bond acceptors (Lipinski definition) is 1. The number of phenolic OH excluding ortho intramolecular Hbond substituents is 1. The molecule has 0 aliphatic carbocycles. The zero-order chi connectivity index (χ0) is 12.4. The second-order valence-electron chi connectivity index (χ2n) is 4.73. The average molecular weight is 226 g/mol. The average Bonchev–Trinajstić information content (AvgIpc) is 2.33. The number of aromatic hydroxyl groups is 1. The summed E-state index contributed by atoms with van der Waals surface area (Å²) < 4.78 is 0. The Kier molecular flexibility index (Phi) is 3.19. The molecule has 0 saturated heterocycles. The van der Waals surface area contributed by atoms with Crippen molar-refractivity contribution in [1.29, 1.82) is 0 Å². The highest BCUT2D eigenvalue weighted by atomic mass is 16.3. The molecule has 2 aromatic rings. The Morgan fingerprint density at radius 2 is 1.59 bits per heavy atom. The fourth-order valence-corrected chi connectivity index (χ4v) is 2.12. The van der Waals surface area contributed by atoms with Crippen LogP contribution in [0.25, 0.3) is 11.1 Å². The molecule has 2 rings (SSSR count). The lowest BCUT2D eigenvalue weighted by molar-refractivity contribution is 0.470. The fraction of sp³-hybridized carbons (Fsp3) is 0.250. The predicted molar refractivity (Wildman–Crippen MR) is 72.4 cm³/mol.